The fourth-order valence-electron chi connectivity index (χ4n) is 0.467. The number of rotatable bonds is 3. The van der Waals surface area contributed by atoms with Crippen molar-refractivity contribution in [1.29, 1.82) is 0 Å². The first kappa shape index (κ1) is 9.79. The van der Waals surface area contributed by atoms with E-state index in [0.29, 0.717) is 5.92 Å². The van der Waals surface area contributed by atoms with Gasteiger partial charge >= 0.3 is 0 Å². The molecule has 1 N–H and O–H groups in total. The first-order valence-corrected chi connectivity index (χ1v) is 4.14. The van der Waals surface area contributed by atoms with Crippen LogP contribution in [-0.4, -0.2) is 4.55 Å². The summed E-state index contributed by atoms with van der Waals surface area (Å²) in [5.41, 5.74) is 0. The number of hydrogen-bond acceptors (Lipinski definition) is 2. The van der Waals surface area contributed by atoms with Crippen molar-refractivity contribution in [3.05, 3.63) is 23.1 Å². The minimum absolute atomic E-state index is 0.544. The molecule has 2 heteroatoms. The molecule has 0 aliphatic heterocycles. The molecule has 58 valence electrons. The molecule has 0 bridgehead atoms. The van der Waals surface area contributed by atoms with Crippen LogP contribution < -0.4 is 0 Å². The van der Waals surface area contributed by atoms with Gasteiger partial charge in [-0.15, -0.1) is 0 Å². The minimum Gasteiger partial charge on any atom is -0.325 e. The average Bonchev–Trinajstić information content (AvgIpc) is 1.90. The van der Waals surface area contributed by atoms with Gasteiger partial charge < -0.3 is 4.55 Å². The monoisotopic (exact) mass is 158 g/mol. The van der Waals surface area contributed by atoms with Crippen LogP contribution >= 0.6 is 12.0 Å². The molecule has 0 aromatic heterocycles. The van der Waals surface area contributed by atoms with Crippen LogP contribution in [0.25, 0.3) is 0 Å². The summed E-state index contributed by atoms with van der Waals surface area (Å²) in [5, 5.41) is 0. The summed E-state index contributed by atoms with van der Waals surface area (Å²) < 4.78 is 8.64. The molecular weight excluding hydrogens is 144 g/mol. The highest BCUT2D eigenvalue weighted by Gasteiger charge is 1.88. The van der Waals surface area contributed by atoms with Crippen LogP contribution in [0.2, 0.25) is 0 Å². The van der Waals surface area contributed by atoms with Crippen molar-refractivity contribution >= 4 is 12.0 Å². The van der Waals surface area contributed by atoms with Crippen molar-refractivity contribution < 1.29 is 4.55 Å². The number of hydrogen-bond donors (Lipinski definition) is 1. The smallest absolute Gasteiger partial charge is 0.0305 e. The third-order valence-corrected chi connectivity index (χ3v) is 1.62. The fraction of sp³-hybridized carbons (Fsp3) is 0.500. The van der Waals surface area contributed by atoms with Crippen LogP contribution in [-0.2, 0) is 0 Å². The van der Waals surface area contributed by atoms with E-state index in [0.717, 1.165) is 16.9 Å². The van der Waals surface area contributed by atoms with Gasteiger partial charge in [-0.1, -0.05) is 32.1 Å². The molecule has 0 heterocycles. The van der Waals surface area contributed by atoms with Gasteiger partial charge in [0.05, 0.1) is 0 Å². The van der Waals surface area contributed by atoms with E-state index in [9.17, 15) is 0 Å². The zero-order chi connectivity index (χ0) is 7.98. The predicted octanol–water partition coefficient (Wildman–Crippen LogP) is 3.31. The molecule has 0 amide bonds. The fourth-order valence-corrected chi connectivity index (χ4v) is 0.711. The highest BCUT2D eigenvalue weighted by molar-refractivity contribution is 7.97. The maximum Gasteiger partial charge on any atom is 0.0305 e. The summed E-state index contributed by atoms with van der Waals surface area (Å²) in [6.07, 6.45) is 5.86. The lowest BCUT2D eigenvalue weighted by molar-refractivity contribution is 0.669. The van der Waals surface area contributed by atoms with Gasteiger partial charge in [-0.05, 0) is 12.8 Å². The highest BCUT2D eigenvalue weighted by atomic mass is 32.2. The molecule has 0 saturated carbocycles. The molecule has 0 unspecified atom stereocenters. The second-order valence-electron chi connectivity index (χ2n) is 2.39. The van der Waals surface area contributed by atoms with E-state index in [-0.39, 0.29) is 0 Å². The summed E-state index contributed by atoms with van der Waals surface area (Å²) in [7, 11) is 0. The second-order valence-corrected chi connectivity index (χ2v) is 3.04. The molecule has 0 radical (unpaired) electrons. The van der Waals surface area contributed by atoms with Crippen molar-refractivity contribution in [2.75, 3.05) is 0 Å². The minimum atomic E-state index is 0.544. The van der Waals surface area contributed by atoms with E-state index in [2.05, 4.69) is 19.9 Å². The Balaban J connectivity index is 3.86. The Hall–Kier alpha value is -0.210. The van der Waals surface area contributed by atoms with Gasteiger partial charge in [0.15, 0.2) is 0 Å². The van der Waals surface area contributed by atoms with Crippen LogP contribution in [0.1, 0.15) is 20.8 Å². The molecule has 0 atom stereocenters. The molecule has 0 saturated heterocycles. The van der Waals surface area contributed by atoms with Crippen molar-refractivity contribution in [1.82, 2.24) is 0 Å². The first-order valence-electron chi connectivity index (χ1n) is 3.36. The molecule has 10 heavy (non-hydrogen) atoms. The Kier molecular flexibility index (Phi) is 5.45. The van der Waals surface area contributed by atoms with Crippen molar-refractivity contribution in [2.24, 2.45) is 5.92 Å². The zero-order valence-electron chi connectivity index (χ0n) is 6.66. The van der Waals surface area contributed by atoms with E-state index >= 15 is 0 Å². The molecule has 1 nitrogen and oxygen atoms in total. The van der Waals surface area contributed by atoms with Crippen LogP contribution in [0, 0.1) is 5.92 Å². The van der Waals surface area contributed by atoms with Crippen molar-refractivity contribution in [2.45, 2.75) is 20.8 Å². The van der Waals surface area contributed by atoms with Gasteiger partial charge in [0, 0.05) is 16.9 Å². The zero-order valence-corrected chi connectivity index (χ0v) is 7.48. The normalized spacial score (nSPS) is 13.5. The topological polar surface area (TPSA) is 20.2 Å². The van der Waals surface area contributed by atoms with E-state index in [1.807, 2.05) is 19.1 Å². The summed E-state index contributed by atoms with van der Waals surface area (Å²) in [4.78, 5) is 0.897. The molecule has 0 aliphatic carbocycles. The van der Waals surface area contributed by atoms with Gasteiger partial charge in [-0.25, -0.2) is 0 Å². The molecule has 0 aromatic rings. The first-order chi connectivity index (χ1) is 4.70. The molecule has 0 fully saturated rings. The third kappa shape index (κ3) is 4.65. The van der Waals surface area contributed by atoms with Gasteiger partial charge in [0.2, 0.25) is 0 Å². The maximum atomic E-state index is 8.64. The third-order valence-electron chi connectivity index (χ3n) is 1.04. The molecule has 0 aliphatic rings. The van der Waals surface area contributed by atoms with E-state index in [1.165, 1.54) is 0 Å². The van der Waals surface area contributed by atoms with Crippen LogP contribution in [0.15, 0.2) is 23.1 Å². The van der Waals surface area contributed by atoms with E-state index in [1.54, 1.807) is 0 Å². The second kappa shape index (κ2) is 5.57. The Morgan fingerprint density at radius 2 is 2.10 bits per heavy atom. The van der Waals surface area contributed by atoms with E-state index in [4.69, 9.17) is 4.55 Å². The van der Waals surface area contributed by atoms with Crippen LogP contribution in [0.3, 0.4) is 0 Å². The molecule has 0 aromatic carbocycles. The predicted molar refractivity (Wildman–Crippen MR) is 48.0 cm³/mol. The number of allylic oxidation sites excluding steroid dienone is 3. The van der Waals surface area contributed by atoms with Crippen molar-refractivity contribution in [3.63, 3.8) is 0 Å². The summed E-state index contributed by atoms with van der Waals surface area (Å²) in [6, 6.07) is 0. The standard InChI is InChI=1S/C8H14OS/c1-4-8(10-9)6-5-7(2)3/h4-7,9H,1-3H3/b6-5-,8-4+. The molecule has 0 rings (SSSR count). The lowest BCUT2D eigenvalue weighted by Crippen LogP contribution is -1.77. The molecular formula is C8H14OS. The van der Waals surface area contributed by atoms with Gasteiger partial charge in [0.25, 0.3) is 0 Å². The lowest BCUT2D eigenvalue weighted by atomic mass is 10.2. The quantitative estimate of drug-likeness (QED) is 0.502. The van der Waals surface area contributed by atoms with Gasteiger partial charge in [-0.2, -0.15) is 0 Å². The Labute approximate surface area is 67.0 Å². The van der Waals surface area contributed by atoms with E-state index < -0.39 is 0 Å². The van der Waals surface area contributed by atoms with Gasteiger partial charge in [-0.3, -0.25) is 0 Å². The van der Waals surface area contributed by atoms with Crippen LogP contribution in [0.4, 0.5) is 0 Å². The molecule has 0 spiro atoms. The average molecular weight is 158 g/mol. The summed E-state index contributed by atoms with van der Waals surface area (Å²) in [6.45, 7) is 6.11. The van der Waals surface area contributed by atoms with Crippen LogP contribution in [0.5, 0.6) is 0 Å². The Morgan fingerprint density at radius 3 is 2.40 bits per heavy atom. The highest BCUT2D eigenvalue weighted by Crippen LogP contribution is 2.12. The largest absolute Gasteiger partial charge is 0.325 e. The SMILES string of the molecule is C/C=C(\C=C/C(C)C)SO. The Bertz CT molecular complexity index is 136. The maximum absolute atomic E-state index is 8.64. The van der Waals surface area contributed by atoms with Crippen molar-refractivity contribution in [3.8, 4) is 0 Å². The summed E-state index contributed by atoms with van der Waals surface area (Å²) >= 11 is 0.786. The summed E-state index contributed by atoms with van der Waals surface area (Å²) in [5.74, 6) is 0.544. The Morgan fingerprint density at radius 1 is 1.50 bits per heavy atom. The van der Waals surface area contributed by atoms with Gasteiger partial charge in [0.1, 0.15) is 0 Å². The lowest BCUT2D eigenvalue weighted by Gasteiger charge is -1.94.